The molecule has 0 aromatic carbocycles. The molecule has 88 valence electrons. The Bertz CT molecular complexity index is 185. The summed E-state index contributed by atoms with van der Waals surface area (Å²) in [6.07, 6.45) is 8.77. The molecule has 2 fully saturated rings. The molecule has 0 aromatic rings. The van der Waals surface area contributed by atoms with Crippen LogP contribution in [-0.2, 0) is 0 Å². The van der Waals surface area contributed by atoms with E-state index in [1.165, 1.54) is 51.6 Å². The maximum Gasteiger partial charge on any atom is 0.0969 e. The van der Waals surface area contributed by atoms with Crippen molar-refractivity contribution < 1.29 is 10.2 Å². The van der Waals surface area contributed by atoms with Crippen LogP contribution in [0.5, 0.6) is 0 Å². The third-order valence-corrected chi connectivity index (χ3v) is 4.58. The molecule has 0 aromatic heterocycles. The Morgan fingerprint density at radius 3 is 2.33 bits per heavy atom. The molecule has 1 heterocycles. The van der Waals surface area contributed by atoms with Gasteiger partial charge in [-0.05, 0) is 19.3 Å². The standard InChI is InChI=1S/C13H26N2/c1-11-5-3-4-6-13(11)14-12-7-9-15(2)10-8-12/h11-14H,3-10H2,1-2H3/p+2/t11-,13+/m0/s1. The van der Waals surface area contributed by atoms with Crippen LogP contribution in [0.4, 0.5) is 0 Å². The van der Waals surface area contributed by atoms with Crippen LogP contribution in [0.15, 0.2) is 0 Å². The van der Waals surface area contributed by atoms with Gasteiger partial charge in [0.25, 0.3) is 0 Å². The Kier molecular flexibility index (Phi) is 4.04. The molecular formula is C13H28N2+2. The molecule has 2 heteroatoms. The topological polar surface area (TPSA) is 21.1 Å². The molecule has 3 N–H and O–H groups in total. The first-order valence-corrected chi connectivity index (χ1v) is 6.92. The second-order valence-corrected chi connectivity index (χ2v) is 5.91. The molecule has 15 heavy (non-hydrogen) atoms. The smallest absolute Gasteiger partial charge is 0.0969 e. The van der Waals surface area contributed by atoms with Gasteiger partial charge in [0.15, 0.2) is 0 Å². The van der Waals surface area contributed by atoms with Gasteiger partial charge in [-0.2, -0.15) is 0 Å². The number of nitrogens with one attached hydrogen (secondary N) is 1. The van der Waals surface area contributed by atoms with Crippen LogP contribution in [0.1, 0.15) is 45.4 Å². The van der Waals surface area contributed by atoms with Crippen molar-refractivity contribution in [3.63, 3.8) is 0 Å². The number of rotatable bonds is 2. The summed E-state index contributed by atoms with van der Waals surface area (Å²) in [5, 5.41) is 2.73. The van der Waals surface area contributed by atoms with Gasteiger partial charge in [0, 0.05) is 18.8 Å². The number of quaternary nitrogens is 2. The minimum Gasteiger partial charge on any atom is -0.341 e. The summed E-state index contributed by atoms with van der Waals surface area (Å²) in [5.41, 5.74) is 0. The number of likely N-dealkylation sites (tertiary alicyclic amines) is 1. The predicted molar refractivity (Wildman–Crippen MR) is 63.0 cm³/mol. The van der Waals surface area contributed by atoms with Gasteiger partial charge in [-0.25, -0.2) is 0 Å². The largest absolute Gasteiger partial charge is 0.341 e. The van der Waals surface area contributed by atoms with E-state index in [1.54, 1.807) is 4.90 Å². The van der Waals surface area contributed by atoms with Crippen LogP contribution in [0.25, 0.3) is 0 Å². The van der Waals surface area contributed by atoms with Crippen molar-refractivity contribution in [1.82, 2.24) is 0 Å². The third-order valence-electron chi connectivity index (χ3n) is 4.58. The lowest BCUT2D eigenvalue weighted by molar-refractivity contribution is -0.895. The monoisotopic (exact) mass is 212 g/mol. The fourth-order valence-corrected chi connectivity index (χ4v) is 3.31. The highest BCUT2D eigenvalue weighted by atomic mass is 15.1. The summed E-state index contributed by atoms with van der Waals surface area (Å²) >= 11 is 0. The second kappa shape index (κ2) is 5.31. The fraction of sp³-hybridized carbons (Fsp3) is 1.00. The maximum absolute atomic E-state index is 2.73. The van der Waals surface area contributed by atoms with Crippen molar-refractivity contribution in [1.29, 1.82) is 0 Å². The Balaban J connectivity index is 1.75. The Labute approximate surface area is 94.4 Å². The summed E-state index contributed by atoms with van der Waals surface area (Å²) in [6.45, 7) is 5.24. The lowest BCUT2D eigenvalue weighted by Gasteiger charge is -2.32. The third kappa shape index (κ3) is 3.18. The quantitative estimate of drug-likeness (QED) is 0.633. The molecule has 0 amide bonds. The molecule has 1 saturated carbocycles. The van der Waals surface area contributed by atoms with Crippen LogP contribution in [-0.4, -0.2) is 32.2 Å². The molecule has 1 aliphatic heterocycles. The average molecular weight is 212 g/mol. The molecule has 1 aliphatic carbocycles. The number of hydrogen-bond acceptors (Lipinski definition) is 0. The minimum absolute atomic E-state index is 0.944. The fourth-order valence-electron chi connectivity index (χ4n) is 3.31. The van der Waals surface area contributed by atoms with E-state index in [2.05, 4.69) is 19.3 Å². The summed E-state index contributed by atoms with van der Waals surface area (Å²) < 4.78 is 0. The number of hydrogen-bond donors (Lipinski definition) is 2. The molecule has 2 aliphatic rings. The van der Waals surface area contributed by atoms with Crippen molar-refractivity contribution in [3.8, 4) is 0 Å². The van der Waals surface area contributed by atoms with Gasteiger partial charge in [0.05, 0.1) is 32.2 Å². The van der Waals surface area contributed by atoms with Crippen molar-refractivity contribution in [2.45, 2.75) is 57.5 Å². The van der Waals surface area contributed by atoms with Gasteiger partial charge in [0.2, 0.25) is 0 Å². The summed E-state index contributed by atoms with van der Waals surface area (Å²) in [4.78, 5) is 1.73. The van der Waals surface area contributed by atoms with E-state index in [0.29, 0.717) is 0 Å². The molecule has 2 rings (SSSR count). The van der Waals surface area contributed by atoms with Gasteiger partial charge < -0.3 is 10.2 Å². The Hall–Kier alpha value is -0.0800. The second-order valence-electron chi connectivity index (χ2n) is 5.91. The van der Waals surface area contributed by atoms with Crippen LogP contribution >= 0.6 is 0 Å². The van der Waals surface area contributed by atoms with Gasteiger partial charge >= 0.3 is 0 Å². The zero-order valence-electron chi connectivity index (χ0n) is 10.5. The highest BCUT2D eigenvalue weighted by Crippen LogP contribution is 2.21. The van der Waals surface area contributed by atoms with Crippen LogP contribution in [0, 0.1) is 5.92 Å². The maximum atomic E-state index is 2.73. The van der Waals surface area contributed by atoms with Crippen LogP contribution < -0.4 is 10.2 Å². The summed E-state index contributed by atoms with van der Waals surface area (Å²) in [5.74, 6) is 0.964. The number of piperidine rings is 1. The van der Waals surface area contributed by atoms with E-state index in [4.69, 9.17) is 0 Å². The van der Waals surface area contributed by atoms with Gasteiger partial charge in [-0.1, -0.05) is 13.3 Å². The van der Waals surface area contributed by atoms with Crippen molar-refractivity contribution in [2.24, 2.45) is 5.92 Å². The van der Waals surface area contributed by atoms with E-state index in [9.17, 15) is 0 Å². The first-order chi connectivity index (χ1) is 7.25. The van der Waals surface area contributed by atoms with Crippen LogP contribution in [0.2, 0.25) is 0 Å². The molecule has 1 saturated heterocycles. The zero-order chi connectivity index (χ0) is 10.7. The van der Waals surface area contributed by atoms with Gasteiger partial charge in [-0.3, -0.25) is 0 Å². The molecule has 0 radical (unpaired) electrons. The lowest BCUT2D eigenvalue weighted by atomic mass is 9.85. The number of nitrogens with two attached hydrogens (primary N) is 1. The predicted octanol–water partition coefficient (Wildman–Crippen LogP) is -0.194. The molecule has 2 atom stereocenters. The van der Waals surface area contributed by atoms with Gasteiger partial charge in [0.1, 0.15) is 0 Å². The van der Waals surface area contributed by atoms with Gasteiger partial charge in [-0.15, -0.1) is 0 Å². The lowest BCUT2D eigenvalue weighted by Crippen LogP contribution is -3.12. The van der Waals surface area contributed by atoms with Crippen molar-refractivity contribution in [2.75, 3.05) is 20.1 Å². The van der Waals surface area contributed by atoms with Crippen molar-refractivity contribution >= 4 is 0 Å². The first kappa shape index (κ1) is 11.4. The highest BCUT2D eigenvalue weighted by molar-refractivity contribution is 4.71. The summed E-state index contributed by atoms with van der Waals surface area (Å²) in [6, 6.07) is 1.89. The summed E-state index contributed by atoms with van der Waals surface area (Å²) in [7, 11) is 2.33. The zero-order valence-corrected chi connectivity index (χ0v) is 10.5. The van der Waals surface area contributed by atoms with E-state index in [1.807, 2.05) is 0 Å². The highest BCUT2D eigenvalue weighted by Gasteiger charge is 2.29. The first-order valence-electron chi connectivity index (χ1n) is 6.92. The molecule has 2 nitrogen and oxygen atoms in total. The van der Waals surface area contributed by atoms with E-state index in [-0.39, 0.29) is 0 Å². The van der Waals surface area contributed by atoms with Crippen LogP contribution in [0.3, 0.4) is 0 Å². The normalized spacial score (nSPS) is 42.8. The average Bonchev–Trinajstić information content (AvgIpc) is 2.25. The minimum atomic E-state index is 0.944. The molecule has 0 unspecified atom stereocenters. The molecular weight excluding hydrogens is 184 g/mol. The van der Waals surface area contributed by atoms with Crippen molar-refractivity contribution in [3.05, 3.63) is 0 Å². The van der Waals surface area contributed by atoms with E-state index in [0.717, 1.165) is 18.0 Å². The van der Waals surface area contributed by atoms with E-state index >= 15 is 0 Å². The Morgan fingerprint density at radius 1 is 1.00 bits per heavy atom. The van der Waals surface area contributed by atoms with E-state index < -0.39 is 0 Å². The SMILES string of the molecule is C[C@H]1CCCC[C@H]1[NH2+]C1CC[NH+](C)CC1. The molecule has 0 spiro atoms. The molecule has 0 bridgehead atoms. The Morgan fingerprint density at radius 2 is 1.67 bits per heavy atom.